The smallest absolute Gasteiger partial charge is 0.0928 e. The predicted octanol–water partition coefficient (Wildman–Crippen LogP) is 1.69. The van der Waals surface area contributed by atoms with Crippen molar-refractivity contribution in [1.82, 2.24) is 4.98 Å². The molecular formula is C9H14N2S. The van der Waals surface area contributed by atoms with Gasteiger partial charge in [-0.05, 0) is 19.3 Å². The highest BCUT2D eigenvalue weighted by molar-refractivity contribution is 7.11. The van der Waals surface area contributed by atoms with E-state index in [2.05, 4.69) is 11.9 Å². The molecule has 0 fully saturated rings. The van der Waals surface area contributed by atoms with Crippen molar-refractivity contribution in [2.75, 3.05) is 6.54 Å². The van der Waals surface area contributed by atoms with Crippen LogP contribution in [0.5, 0.6) is 0 Å². The lowest BCUT2D eigenvalue weighted by atomic mass is 10.1. The van der Waals surface area contributed by atoms with Crippen molar-refractivity contribution in [1.29, 1.82) is 0 Å². The minimum Gasteiger partial charge on any atom is -0.330 e. The fourth-order valence-electron chi connectivity index (χ4n) is 1.73. The summed E-state index contributed by atoms with van der Waals surface area (Å²) in [5.41, 5.74) is 6.97. The Balaban J connectivity index is 2.31. The summed E-state index contributed by atoms with van der Waals surface area (Å²) in [5, 5.41) is 1.28. The van der Waals surface area contributed by atoms with Gasteiger partial charge in [-0.2, -0.15) is 0 Å². The van der Waals surface area contributed by atoms with Crippen LogP contribution < -0.4 is 5.73 Å². The molecule has 0 radical (unpaired) electrons. The highest BCUT2D eigenvalue weighted by atomic mass is 32.1. The van der Waals surface area contributed by atoms with Gasteiger partial charge in [0.2, 0.25) is 0 Å². The molecule has 1 unspecified atom stereocenters. The molecule has 0 aromatic carbocycles. The predicted molar refractivity (Wildman–Crippen MR) is 51.6 cm³/mol. The molecule has 0 saturated carbocycles. The van der Waals surface area contributed by atoms with Crippen LogP contribution in [0.25, 0.3) is 0 Å². The summed E-state index contributed by atoms with van der Waals surface area (Å²) in [6.45, 7) is 2.92. The van der Waals surface area contributed by atoms with Gasteiger partial charge in [-0.3, -0.25) is 0 Å². The van der Waals surface area contributed by atoms with Crippen molar-refractivity contribution in [3.63, 3.8) is 0 Å². The Morgan fingerprint density at radius 2 is 2.50 bits per heavy atom. The van der Waals surface area contributed by atoms with E-state index in [1.54, 1.807) is 0 Å². The van der Waals surface area contributed by atoms with Crippen LogP contribution in [-0.4, -0.2) is 11.5 Å². The van der Waals surface area contributed by atoms with E-state index in [0.29, 0.717) is 5.92 Å². The fourth-order valence-corrected chi connectivity index (χ4v) is 2.84. The normalized spacial score (nSPS) is 21.3. The summed E-state index contributed by atoms with van der Waals surface area (Å²) in [6.07, 6.45) is 3.48. The highest BCUT2D eigenvalue weighted by Gasteiger charge is 2.25. The Labute approximate surface area is 76.8 Å². The van der Waals surface area contributed by atoms with Gasteiger partial charge in [0.25, 0.3) is 0 Å². The number of fused-ring (bicyclic) bond motifs is 1. The lowest BCUT2D eigenvalue weighted by Crippen LogP contribution is -2.09. The molecule has 1 atom stereocenters. The maximum Gasteiger partial charge on any atom is 0.0928 e. The van der Waals surface area contributed by atoms with E-state index < -0.39 is 0 Å². The van der Waals surface area contributed by atoms with E-state index in [0.717, 1.165) is 13.0 Å². The second-order valence-corrected chi connectivity index (χ2v) is 4.41. The van der Waals surface area contributed by atoms with Crippen molar-refractivity contribution in [2.45, 2.75) is 32.1 Å². The van der Waals surface area contributed by atoms with Crippen molar-refractivity contribution >= 4 is 11.3 Å². The Bertz CT molecular complexity index is 280. The minimum atomic E-state index is 0.552. The molecule has 12 heavy (non-hydrogen) atoms. The topological polar surface area (TPSA) is 38.9 Å². The zero-order valence-electron chi connectivity index (χ0n) is 7.34. The first-order chi connectivity index (χ1) is 5.85. The van der Waals surface area contributed by atoms with Gasteiger partial charge in [-0.15, -0.1) is 11.3 Å². The SMILES string of the molecule is CCc1nc2c(s1)CCC2CN. The molecule has 2 nitrogen and oxygen atoms in total. The van der Waals surface area contributed by atoms with Crippen molar-refractivity contribution < 1.29 is 0 Å². The average molecular weight is 182 g/mol. The largest absolute Gasteiger partial charge is 0.330 e. The van der Waals surface area contributed by atoms with Crippen molar-refractivity contribution in [3.05, 3.63) is 15.6 Å². The molecule has 0 amide bonds. The van der Waals surface area contributed by atoms with Gasteiger partial charge < -0.3 is 5.73 Å². The van der Waals surface area contributed by atoms with Crippen LogP contribution in [0.3, 0.4) is 0 Å². The summed E-state index contributed by atoms with van der Waals surface area (Å²) in [7, 11) is 0. The first-order valence-corrected chi connectivity index (χ1v) is 5.35. The van der Waals surface area contributed by atoms with Crippen LogP contribution in [0.4, 0.5) is 0 Å². The highest BCUT2D eigenvalue weighted by Crippen LogP contribution is 2.35. The number of hydrogen-bond donors (Lipinski definition) is 1. The second kappa shape index (κ2) is 3.15. The van der Waals surface area contributed by atoms with E-state index in [-0.39, 0.29) is 0 Å². The first-order valence-electron chi connectivity index (χ1n) is 4.53. The molecule has 1 aromatic heterocycles. The number of thiazole rings is 1. The summed E-state index contributed by atoms with van der Waals surface area (Å²) in [4.78, 5) is 6.09. The van der Waals surface area contributed by atoms with Crippen LogP contribution in [0, 0.1) is 0 Å². The van der Waals surface area contributed by atoms with Gasteiger partial charge in [-0.25, -0.2) is 4.98 Å². The van der Waals surface area contributed by atoms with Crippen LogP contribution in [0.2, 0.25) is 0 Å². The molecular weight excluding hydrogens is 168 g/mol. The fraction of sp³-hybridized carbons (Fsp3) is 0.667. The summed E-state index contributed by atoms with van der Waals surface area (Å²) >= 11 is 1.87. The molecule has 0 bridgehead atoms. The molecule has 1 aliphatic rings. The number of aromatic nitrogens is 1. The summed E-state index contributed by atoms with van der Waals surface area (Å²) in [5.74, 6) is 0.552. The van der Waals surface area contributed by atoms with Gasteiger partial charge in [0.1, 0.15) is 0 Å². The van der Waals surface area contributed by atoms with E-state index >= 15 is 0 Å². The molecule has 3 heteroatoms. The van der Waals surface area contributed by atoms with Gasteiger partial charge in [-0.1, -0.05) is 6.92 Å². The first kappa shape index (κ1) is 8.20. The molecule has 1 aliphatic carbocycles. The average Bonchev–Trinajstić information content (AvgIpc) is 2.61. The van der Waals surface area contributed by atoms with Crippen LogP contribution in [-0.2, 0) is 12.8 Å². The van der Waals surface area contributed by atoms with E-state index in [9.17, 15) is 0 Å². The number of aryl methyl sites for hydroxylation is 2. The Morgan fingerprint density at radius 1 is 1.67 bits per heavy atom. The van der Waals surface area contributed by atoms with Gasteiger partial charge >= 0.3 is 0 Å². The number of nitrogens with two attached hydrogens (primary N) is 1. The molecule has 0 spiro atoms. The quantitative estimate of drug-likeness (QED) is 0.756. The molecule has 1 heterocycles. The molecule has 66 valence electrons. The monoisotopic (exact) mass is 182 g/mol. The van der Waals surface area contributed by atoms with Crippen LogP contribution in [0.15, 0.2) is 0 Å². The van der Waals surface area contributed by atoms with Gasteiger partial charge in [0.15, 0.2) is 0 Å². The van der Waals surface area contributed by atoms with E-state index in [4.69, 9.17) is 5.73 Å². The summed E-state index contributed by atoms with van der Waals surface area (Å²) in [6, 6.07) is 0. The Hall–Kier alpha value is -0.410. The lowest BCUT2D eigenvalue weighted by molar-refractivity contribution is 0.672. The second-order valence-electron chi connectivity index (χ2n) is 3.24. The Kier molecular flexibility index (Phi) is 2.15. The molecule has 0 saturated heterocycles. The van der Waals surface area contributed by atoms with Gasteiger partial charge in [0, 0.05) is 17.3 Å². The van der Waals surface area contributed by atoms with Crippen molar-refractivity contribution in [3.8, 4) is 0 Å². The summed E-state index contributed by atoms with van der Waals surface area (Å²) < 4.78 is 0. The third kappa shape index (κ3) is 1.17. The standard InChI is InChI=1S/C9H14N2S/c1-2-8-11-9-6(5-10)3-4-7(9)12-8/h6H,2-5,10H2,1H3. The molecule has 0 aliphatic heterocycles. The van der Waals surface area contributed by atoms with Gasteiger partial charge in [0.05, 0.1) is 10.7 Å². The Morgan fingerprint density at radius 3 is 3.17 bits per heavy atom. The van der Waals surface area contributed by atoms with Crippen molar-refractivity contribution in [2.24, 2.45) is 5.73 Å². The van der Waals surface area contributed by atoms with E-state index in [1.165, 1.54) is 28.4 Å². The lowest BCUT2D eigenvalue weighted by Gasteiger charge is -2.02. The zero-order chi connectivity index (χ0) is 8.55. The number of rotatable bonds is 2. The molecule has 2 rings (SSSR count). The minimum absolute atomic E-state index is 0.552. The van der Waals surface area contributed by atoms with Crippen LogP contribution >= 0.6 is 11.3 Å². The number of nitrogens with zero attached hydrogens (tertiary/aromatic N) is 1. The zero-order valence-corrected chi connectivity index (χ0v) is 8.16. The van der Waals surface area contributed by atoms with E-state index in [1.807, 2.05) is 11.3 Å². The van der Waals surface area contributed by atoms with Crippen LogP contribution in [0.1, 0.15) is 34.8 Å². The molecule has 2 N–H and O–H groups in total. The maximum atomic E-state index is 5.66. The maximum absolute atomic E-state index is 5.66. The third-order valence-electron chi connectivity index (χ3n) is 2.47. The number of hydrogen-bond acceptors (Lipinski definition) is 3. The molecule has 1 aromatic rings. The third-order valence-corrected chi connectivity index (χ3v) is 3.74.